The molecule has 1 aliphatic rings. The van der Waals surface area contributed by atoms with E-state index in [1.807, 2.05) is 6.07 Å². The van der Waals surface area contributed by atoms with Gasteiger partial charge in [0, 0.05) is 18.9 Å². The van der Waals surface area contributed by atoms with Crippen LogP contribution in [0, 0.1) is 0 Å². The van der Waals surface area contributed by atoms with Crippen LogP contribution in [0.4, 0.5) is 0 Å². The predicted molar refractivity (Wildman–Crippen MR) is 98.4 cm³/mol. The Morgan fingerprint density at radius 1 is 1.25 bits per heavy atom. The summed E-state index contributed by atoms with van der Waals surface area (Å²) in [6.07, 6.45) is 4.44. The van der Waals surface area contributed by atoms with Crippen molar-refractivity contribution in [3.8, 4) is 0 Å². The molecule has 2 rings (SSSR count). The number of hydrogen-bond donors (Lipinski definition) is 3. The smallest absolute Gasteiger partial charge is 0.278 e. The molecule has 0 spiro atoms. The molecule has 0 saturated carbocycles. The molecule has 4 heteroatoms. The van der Waals surface area contributed by atoms with Gasteiger partial charge in [-0.05, 0) is 32.3 Å². The standard InChI is InChI=1S/C20H33N3O/c1-16(10-11-18-8-6-5-7-9-18)21-20(24)17(2)23(4)19-12-14-22(3)15-13-19/h5-9,16-17,19H,10-15H2,1-4H3,(H,21,24)/p+2/t16-,17+/m0/s1. The summed E-state index contributed by atoms with van der Waals surface area (Å²) in [7, 11) is 4.44. The Kier molecular flexibility index (Phi) is 7.25. The van der Waals surface area contributed by atoms with Gasteiger partial charge in [-0.15, -0.1) is 0 Å². The molecule has 1 saturated heterocycles. The first kappa shape index (κ1) is 18.9. The molecule has 1 aliphatic heterocycles. The highest BCUT2D eigenvalue weighted by Crippen LogP contribution is 2.05. The first-order valence-electron chi connectivity index (χ1n) is 9.46. The Hall–Kier alpha value is -1.39. The highest BCUT2D eigenvalue weighted by atomic mass is 16.2. The van der Waals surface area contributed by atoms with Crippen LogP contribution in [-0.4, -0.2) is 51.2 Å². The van der Waals surface area contributed by atoms with Gasteiger partial charge in [0.2, 0.25) is 0 Å². The highest BCUT2D eigenvalue weighted by molar-refractivity contribution is 5.80. The largest absolute Gasteiger partial charge is 0.348 e. The number of amides is 1. The molecule has 1 aromatic carbocycles. The Labute approximate surface area is 147 Å². The van der Waals surface area contributed by atoms with Gasteiger partial charge in [0.05, 0.1) is 33.2 Å². The second kappa shape index (κ2) is 9.19. The van der Waals surface area contributed by atoms with E-state index in [1.54, 1.807) is 4.90 Å². The van der Waals surface area contributed by atoms with Gasteiger partial charge in [-0.3, -0.25) is 4.79 Å². The van der Waals surface area contributed by atoms with Crippen molar-refractivity contribution in [3.05, 3.63) is 35.9 Å². The summed E-state index contributed by atoms with van der Waals surface area (Å²) < 4.78 is 0. The van der Waals surface area contributed by atoms with Gasteiger partial charge < -0.3 is 15.1 Å². The van der Waals surface area contributed by atoms with E-state index in [2.05, 4.69) is 57.5 Å². The minimum atomic E-state index is 0.0209. The maximum atomic E-state index is 12.6. The lowest BCUT2D eigenvalue weighted by Gasteiger charge is -2.33. The topological polar surface area (TPSA) is 38.0 Å². The number of nitrogens with one attached hydrogen (secondary N) is 3. The number of likely N-dealkylation sites (tertiary alicyclic amines) is 1. The van der Waals surface area contributed by atoms with Crippen molar-refractivity contribution in [1.82, 2.24) is 5.32 Å². The quantitative estimate of drug-likeness (QED) is 0.630. The third kappa shape index (κ3) is 5.60. The number of likely N-dealkylation sites (N-methyl/N-ethyl adjacent to an activating group) is 1. The van der Waals surface area contributed by atoms with Crippen LogP contribution < -0.4 is 15.1 Å². The van der Waals surface area contributed by atoms with E-state index in [0.717, 1.165) is 12.8 Å². The number of carbonyl (C=O) groups is 1. The zero-order chi connectivity index (χ0) is 17.5. The molecule has 1 heterocycles. The molecule has 0 aliphatic carbocycles. The third-order valence-corrected chi connectivity index (χ3v) is 5.66. The average Bonchev–Trinajstić information content (AvgIpc) is 2.60. The zero-order valence-corrected chi connectivity index (χ0v) is 15.8. The van der Waals surface area contributed by atoms with E-state index in [4.69, 9.17) is 0 Å². The monoisotopic (exact) mass is 333 g/mol. The number of hydrogen-bond acceptors (Lipinski definition) is 1. The van der Waals surface area contributed by atoms with Crippen molar-refractivity contribution < 1.29 is 14.6 Å². The summed E-state index contributed by atoms with van der Waals surface area (Å²) >= 11 is 0. The maximum Gasteiger partial charge on any atom is 0.278 e. The fraction of sp³-hybridized carbons (Fsp3) is 0.650. The fourth-order valence-electron chi connectivity index (χ4n) is 3.59. The van der Waals surface area contributed by atoms with Gasteiger partial charge in [-0.25, -0.2) is 0 Å². The minimum Gasteiger partial charge on any atom is -0.348 e. The zero-order valence-electron chi connectivity index (χ0n) is 15.8. The molecular weight excluding hydrogens is 298 g/mol. The minimum absolute atomic E-state index is 0.0209. The van der Waals surface area contributed by atoms with E-state index in [9.17, 15) is 4.79 Å². The molecule has 0 bridgehead atoms. The predicted octanol–water partition coefficient (Wildman–Crippen LogP) is -0.296. The normalized spacial score (nSPS) is 24.8. The summed E-state index contributed by atoms with van der Waals surface area (Å²) in [6, 6.07) is 11.3. The van der Waals surface area contributed by atoms with Crippen LogP contribution >= 0.6 is 0 Å². The Morgan fingerprint density at radius 3 is 2.50 bits per heavy atom. The number of benzene rings is 1. The molecule has 0 radical (unpaired) electrons. The Morgan fingerprint density at radius 2 is 1.88 bits per heavy atom. The third-order valence-electron chi connectivity index (χ3n) is 5.66. The van der Waals surface area contributed by atoms with E-state index in [1.165, 1.54) is 36.4 Å². The second-order valence-corrected chi connectivity index (χ2v) is 7.63. The lowest BCUT2D eigenvalue weighted by Crippen LogP contribution is -3.21. The second-order valence-electron chi connectivity index (χ2n) is 7.63. The number of aryl methyl sites for hydroxylation is 1. The van der Waals surface area contributed by atoms with Crippen LogP contribution in [0.1, 0.15) is 38.7 Å². The van der Waals surface area contributed by atoms with E-state index >= 15 is 0 Å². The lowest BCUT2D eigenvalue weighted by atomic mass is 10.0. The van der Waals surface area contributed by atoms with Crippen molar-refractivity contribution >= 4 is 5.91 Å². The van der Waals surface area contributed by atoms with Crippen molar-refractivity contribution in [1.29, 1.82) is 0 Å². The van der Waals surface area contributed by atoms with Gasteiger partial charge in [0.1, 0.15) is 0 Å². The summed E-state index contributed by atoms with van der Waals surface area (Å²) in [5.74, 6) is 0.194. The first-order chi connectivity index (χ1) is 11.5. The molecule has 3 atom stereocenters. The van der Waals surface area contributed by atoms with E-state index in [-0.39, 0.29) is 18.0 Å². The molecule has 1 unspecified atom stereocenters. The molecular formula is C20H35N3O+2. The van der Waals surface area contributed by atoms with Crippen LogP contribution in [-0.2, 0) is 11.2 Å². The van der Waals surface area contributed by atoms with Crippen LogP contribution in [0.2, 0.25) is 0 Å². The SMILES string of the molecule is C[C@H](C(=O)N[C@@H](C)CCc1ccccc1)[NH+](C)C1CC[NH+](C)CC1. The van der Waals surface area contributed by atoms with Crippen molar-refractivity contribution in [2.75, 3.05) is 27.2 Å². The van der Waals surface area contributed by atoms with Gasteiger partial charge >= 0.3 is 0 Å². The molecule has 4 nitrogen and oxygen atoms in total. The Balaban J connectivity index is 1.75. The molecule has 0 aromatic heterocycles. The number of rotatable bonds is 7. The lowest BCUT2D eigenvalue weighted by molar-refractivity contribution is -0.948. The van der Waals surface area contributed by atoms with Crippen LogP contribution in [0.5, 0.6) is 0 Å². The first-order valence-corrected chi connectivity index (χ1v) is 9.46. The number of quaternary nitrogens is 2. The molecule has 24 heavy (non-hydrogen) atoms. The van der Waals surface area contributed by atoms with Crippen LogP contribution in [0.25, 0.3) is 0 Å². The summed E-state index contributed by atoms with van der Waals surface area (Å²) in [5, 5.41) is 3.21. The van der Waals surface area contributed by atoms with E-state index in [0.29, 0.717) is 6.04 Å². The van der Waals surface area contributed by atoms with Gasteiger partial charge in [-0.1, -0.05) is 30.3 Å². The van der Waals surface area contributed by atoms with Gasteiger partial charge in [0.15, 0.2) is 6.04 Å². The number of carbonyl (C=O) groups excluding carboxylic acids is 1. The molecule has 1 fully saturated rings. The van der Waals surface area contributed by atoms with E-state index < -0.39 is 0 Å². The van der Waals surface area contributed by atoms with Crippen molar-refractivity contribution in [3.63, 3.8) is 0 Å². The Bertz CT molecular complexity index is 497. The summed E-state index contributed by atoms with van der Waals surface area (Å²) in [6.45, 7) is 6.63. The number of piperidine rings is 1. The molecule has 1 amide bonds. The van der Waals surface area contributed by atoms with Crippen LogP contribution in [0.15, 0.2) is 30.3 Å². The highest BCUT2D eigenvalue weighted by Gasteiger charge is 2.32. The molecule has 3 N–H and O–H groups in total. The maximum absolute atomic E-state index is 12.6. The average molecular weight is 334 g/mol. The molecule has 134 valence electrons. The van der Waals surface area contributed by atoms with Gasteiger partial charge in [-0.2, -0.15) is 0 Å². The van der Waals surface area contributed by atoms with Crippen molar-refractivity contribution in [2.24, 2.45) is 0 Å². The molecule has 1 aromatic rings. The summed E-state index contributed by atoms with van der Waals surface area (Å²) in [5.41, 5.74) is 1.34. The van der Waals surface area contributed by atoms with Gasteiger partial charge in [0.25, 0.3) is 5.91 Å². The van der Waals surface area contributed by atoms with Crippen LogP contribution in [0.3, 0.4) is 0 Å². The summed E-state index contributed by atoms with van der Waals surface area (Å²) in [4.78, 5) is 15.6. The van der Waals surface area contributed by atoms with Crippen molar-refractivity contribution in [2.45, 2.75) is 57.7 Å². The fourth-order valence-corrected chi connectivity index (χ4v) is 3.59.